The standard InChI is InChI=1S/C23H16FNO3/c24-19-12-6-5-11-18(19)22-25-20(23(26)28-22)14-17-10-4-7-13-21(17)27-15-16-8-2-1-3-9-16/h1-14H,15H2/b20-14+. The third kappa shape index (κ3) is 3.83. The van der Waals surface area contributed by atoms with E-state index in [0.717, 1.165) is 5.56 Å². The first-order chi connectivity index (χ1) is 13.7. The molecule has 1 heterocycles. The summed E-state index contributed by atoms with van der Waals surface area (Å²) in [6, 6.07) is 23.1. The van der Waals surface area contributed by atoms with Crippen LogP contribution in [-0.2, 0) is 16.1 Å². The van der Waals surface area contributed by atoms with Crippen molar-refractivity contribution in [2.75, 3.05) is 0 Å². The zero-order chi connectivity index (χ0) is 19.3. The number of rotatable bonds is 5. The molecule has 0 atom stereocenters. The van der Waals surface area contributed by atoms with Gasteiger partial charge in [0.2, 0.25) is 5.90 Å². The second-order valence-electron chi connectivity index (χ2n) is 6.13. The minimum absolute atomic E-state index is 0.0444. The number of halogens is 1. The van der Waals surface area contributed by atoms with Crippen molar-refractivity contribution in [2.24, 2.45) is 4.99 Å². The van der Waals surface area contributed by atoms with Crippen LogP contribution in [0.1, 0.15) is 16.7 Å². The van der Waals surface area contributed by atoms with Crippen LogP contribution in [0.15, 0.2) is 89.6 Å². The van der Waals surface area contributed by atoms with Crippen LogP contribution in [0, 0.1) is 5.82 Å². The highest BCUT2D eigenvalue weighted by molar-refractivity contribution is 6.13. The Hall–Kier alpha value is -3.73. The van der Waals surface area contributed by atoms with Gasteiger partial charge >= 0.3 is 5.97 Å². The SMILES string of the molecule is O=C1OC(c2ccccc2F)=N/C1=C/c1ccccc1OCc1ccccc1. The molecule has 0 radical (unpaired) electrons. The largest absolute Gasteiger partial charge is 0.488 e. The van der Waals surface area contributed by atoms with Gasteiger partial charge < -0.3 is 9.47 Å². The van der Waals surface area contributed by atoms with E-state index < -0.39 is 11.8 Å². The van der Waals surface area contributed by atoms with Gasteiger partial charge in [-0.2, -0.15) is 0 Å². The van der Waals surface area contributed by atoms with E-state index in [2.05, 4.69) is 4.99 Å². The zero-order valence-electron chi connectivity index (χ0n) is 14.8. The van der Waals surface area contributed by atoms with E-state index in [0.29, 0.717) is 17.9 Å². The van der Waals surface area contributed by atoms with Gasteiger partial charge in [0, 0.05) is 5.56 Å². The maximum absolute atomic E-state index is 13.9. The van der Waals surface area contributed by atoms with Crippen LogP contribution in [0.5, 0.6) is 5.75 Å². The molecule has 0 aliphatic carbocycles. The Morgan fingerprint density at radius 1 is 0.929 bits per heavy atom. The number of carbonyl (C=O) groups is 1. The Balaban J connectivity index is 1.60. The van der Waals surface area contributed by atoms with E-state index in [-0.39, 0.29) is 17.2 Å². The molecular formula is C23H16FNO3. The normalized spacial score (nSPS) is 14.7. The topological polar surface area (TPSA) is 47.9 Å². The second kappa shape index (κ2) is 7.88. The van der Waals surface area contributed by atoms with Gasteiger partial charge in [-0.15, -0.1) is 0 Å². The lowest BCUT2D eigenvalue weighted by atomic mass is 10.1. The lowest BCUT2D eigenvalue weighted by Crippen LogP contribution is -2.07. The third-order valence-electron chi connectivity index (χ3n) is 4.17. The molecule has 5 heteroatoms. The predicted molar refractivity (Wildman–Crippen MR) is 104 cm³/mol. The highest BCUT2D eigenvalue weighted by Crippen LogP contribution is 2.26. The lowest BCUT2D eigenvalue weighted by molar-refractivity contribution is -0.129. The molecule has 0 bridgehead atoms. The summed E-state index contributed by atoms with van der Waals surface area (Å²) in [5.74, 6) is -0.559. The van der Waals surface area contributed by atoms with E-state index in [1.54, 1.807) is 18.2 Å². The van der Waals surface area contributed by atoms with Gasteiger partial charge in [-0.05, 0) is 29.8 Å². The first-order valence-electron chi connectivity index (χ1n) is 8.74. The van der Waals surface area contributed by atoms with Crippen LogP contribution < -0.4 is 4.74 Å². The van der Waals surface area contributed by atoms with Crippen LogP contribution in [0.4, 0.5) is 4.39 Å². The first-order valence-corrected chi connectivity index (χ1v) is 8.74. The predicted octanol–water partition coefficient (Wildman–Crippen LogP) is 4.75. The van der Waals surface area contributed by atoms with E-state index in [9.17, 15) is 9.18 Å². The maximum Gasteiger partial charge on any atom is 0.363 e. The Bertz CT molecular complexity index is 1070. The number of aliphatic imine (C=N–C) groups is 1. The summed E-state index contributed by atoms with van der Waals surface area (Å²) >= 11 is 0. The molecule has 3 aromatic rings. The summed E-state index contributed by atoms with van der Waals surface area (Å²) < 4.78 is 25.0. The van der Waals surface area contributed by atoms with Crippen LogP contribution >= 0.6 is 0 Å². The highest BCUT2D eigenvalue weighted by Gasteiger charge is 2.26. The molecule has 3 aromatic carbocycles. The molecule has 28 heavy (non-hydrogen) atoms. The molecule has 4 nitrogen and oxygen atoms in total. The monoisotopic (exact) mass is 373 g/mol. The van der Waals surface area contributed by atoms with E-state index in [4.69, 9.17) is 9.47 Å². The van der Waals surface area contributed by atoms with Gasteiger partial charge in [-0.1, -0.05) is 60.7 Å². The maximum atomic E-state index is 13.9. The van der Waals surface area contributed by atoms with Crippen molar-refractivity contribution in [3.8, 4) is 5.75 Å². The molecule has 138 valence electrons. The lowest BCUT2D eigenvalue weighted by Gasteiger charge is -2.09. The number of hydrogen-bond donors (Lipinski definition) is 0. The molecule has 0 spiro atoms. The Morgan fingerprint density at radius 3 is 2.46 bits per heavy atom. The number of benzene rings is 3. The molecule has 1 aliphatic rings. The number of ether oxygens (including phenoxy) is 2. The molecule has 0 unspecified atom stereocenters. The van der Waals surface area contributed by atoms with Crippen molar-refractivity contribution in [2.45, 2.75) is 6.61 Å². The number of para-hydroxylation sites is 1. The minimum Gasteiger partial charge on any atom is -0.488 e. The highest BCUT2D eigenvalue weighted by atomic mass is 19.1. The van der Waals surface area contributed by atoms with Gasteiger partial charge in [-0.25, -0.2) is 14.2 Å². The van der Waals surface area contributed by atoms with Crippen molar-refractivity contribution < 1.29 is 18.7 Å². The minimum atomic E-state index is -0.629. The summed E-state index contributed by atoms with van der Waals surface area (Å²) in [6.07, 6.45) is 1.58. The van der Waals surface area contributed by atoms with Crippen LogP contribution in [-0.4, -0.2) is 11.9 Å². The van der Waals surface area contributed by atoms with Crippen molar-refractivity contribution in [1.82, 2.24) is 0 Å². The van der Waals surface area contributed by atoms with Gasteiger partial charge in [0.1, 0.15) is 18.2 Å². The second-order valence-corrected chi connectivity index (χ2v) is 6.13. The van der Waals surface area contributed by atoms with Crippen molar-refractivity contribution in [3.63, 3.8) is 0 Å². The number of nitrogens with zero attached hydrogens (tertiary/aromatic N) is 1. The number of hydrogen-bond acceptors (Lipinski definition) is 4. The number of carbonyl (C=O) groups excluding carboxylic acids is 1. The fourth-order valence-corrected chi connectivity index (χ4v) is 2.77. The van der Waals surface area contributed by atoms with Gasteiger partial charge in [0.05, 0.1) is 5.56 Å². The Morgan fingerprint density at radius 2 is 1.64 bits per heavy atom. The van der Waals surface area contributed by atoms with E-state index in [1.165, 1.54) is 12.1 Å². The van der Waals surface area contributed by atoms with E-state index >= 15 is 0 Å². The van der Waals surface area contributed by atoms with Crippen LogP contribution in [0.3, 0.4) is 0 Å². The molecule has 0 saturated carbocycles. The van der Waals surface area contributed by atoms with E-state index in [1.807, 2.05) is 54.6 Å². The smallest absolute Gasteiger partial charge is 0.363 e. The average Bonchev–Trinajstić information content (AvgIpc) is 3.08. The molecule has 0 saturated heterocycles. The summed E-state index contributed by atoms with van der Waals surface area (Å²) in [5, 5.41) is 0. The van der Waals surface area contributed by atoms with Crippen LogP contribution in [0.25, 0.3) is 6.08 Å². The summed E-state index contributed by atoms with van der Waals surface area (Å²) in [4.78, 5) is 16.4. The van der Waals surface area contributed by atoms with Gasteiger partial charge in [0.15, 0.2) is 5.70 Å². The summed E-state index contributed by atoms with van der Waals surface area (Å²) in [7, 11) is 0. The number of cyclic esters (lactones) is 1. The first kappa shape index (κ1) is 17.7. The quantitative estimate of drug-likeness (QED) is 0.479. The third-order valence-corrected chi connectivity index (χ3v) is 4.17. The number of esters is 1. The Kier molecular flexibility index (Phi) is 4.97. The molecular weight excluding hydrogens is 357 g/mol. The van der Waals surface area contributed by atoms with Crippen molar-refractivity contribution in [1.29, 1.82) is 0 Å². The van der Waals surface area contributed by atoms with Gasteiger partial charge in [-0.3, -0.25) is 0 Å². The zero-order valence-corrected chi connectivity index (χ0v) is 14.8. The summed E-state index contributed by atoms with van der Waals surface area (Å²) in [5.41, 5.74) is 1.95. The molecule has 4 rings (SSSR count). The van der Waals surface area contributed by atoms with Crippen LogP contribution in [0.2, 0.25) is 0 Å². The fraction of sp³-hybridized carbons (Fsp3) is 0.0435. The molecule has 0 amide bonds. The van der Waals surface area contributed by atoms with Crippen molar-refractivity contribution in [3.05, 3.63) is 107 Å². The molecule has 0 fully saturated rings. The fourth-order valence-electron chi connectivity index (χ4n) is 2.77. The Labute approximate surface area is 161 Å². The molecule has 1 aliphatic heterocycles. The van der Waals surface area contributed by atoms with Gasteiger partial charge in [0.25, 0.3) is 0 Å². The molecule has 0 N–H and O–H groups in total. The summed E-state index contributed by atoms with van der Waals surface area (Å²) in [6.45, 7) is 0.398. The van der Waals surface area contributed by atoms with Crippen molar-refractivity contribution >= 4 is 17.9 Å². The average molecular weight is 373 g/mol. The molecule has 0 aromatic heterocycles.